The molecule has 0 aromatic carbocycles. The topological polar surface area (TPSA) is 53.9 Å². The van der Waals surface area contributed by atoms with Crippen LogP contribution in [0.15, 0.2) is 16.8 Å². The summed E-state index contributed by atoms with van der Waals surface area (Å²) in [7, 11) is 0. The number of hydrogen-bond acceptors (Lipinski definition) is 6. The minimum absolute atomic E-state index is 0.244. The number of nitrogens with zero attached hydrogens (tertiary/aromatic N) is 4. The summed E-state index contributed by atoms with van der Waals surface area (Å²) in [6.45, 7) is 2.68. The molecule has 1 saturated heterocycles. The van der Waals surface area contributed by atoms with Crippen molar-refractivity contribution in [1.82, 2.24) is 15.0 Å². The normalized spacial score (nSPS) is 15.3. The third-order valence-electron chi connectivity index (χ3n) is 3.27. The molecule has 1 aliphatic rings. The highest BCUT2D eigenvalue weighted by Crippen LogP contribution is 2.19. The molecule has 0 unspecified atom stereocenters. The van der Waals surface area contributed by atoms with Gasteiger partial charge < -0.3 is 10.2 Å². The van der Waals surface area contributed by atoms with Gasteiger partial charge >= 0.3 is 0 Å². The summed E-state index contributed by atoms with van der Waals surface area (Å²) >= 11 is 7.68. The van der Waals surface area contributed by atoms with Crippen molar-refractivity contribution >= 4 is 34.8 Å². The average molecular weight is 310 g/mol. The maximum Gasteiger partial charge on any atom is 0.231 e. The van der Waals surface area contributed by atoms with Crippen LogP contribution in [0.2, 0.25) is 5.28 Å². The zero-order valence-corrected chi connectivity index (χ0v) is 12.6. The first kappa shape index (κ1) is 13.6. The standard InChI is InChI=1S/C13H16ClN5S/c14-11-16-12(15-8-10-4-7-20-9-10)18-13(17-11)19-5-2-1-3-6-19/h4,7,9H,1-3,5-6,8H2,(H,15,16,17,18). The first-order valence-electron chi connectivity index (χ1n) is 6.73. The van der Waals surface area contributed by atoms with Crippen molar-refractivity contribution < 1.29 is 0 Å². The van der Waals surface area contributed by atoms with Gasteiger partial charge in [0.1, 0.15) is 0 Å². The van der Waals surface area contributed by atoms with Gasteiger partial charge in [-0.25, -0.2) is 0 Å². The molecule has 3 rings (SSSR count). The second kappa shape index (κ2) is 6.37. The van der Waals surface area contributed by atoms with Crippen molar-refractivity contribution in [2.75, 3.05) is 23.3 Å². The van der Waals surface area contributed by atoms with Gasteiger partial charge in [-0.1, -0.05) is 0 Å². The molecule has 1 N–H and O–H groups in total. The molecule has 20 heavy (non-hydrogen) atoms. The molecule has 0 aliphatic carbocycles. The molecule has 106 valence electrons. The fourth-order valence-electron chi connectivity index (χ4n) is 2.23. The summed E-state index contributed by atoms with van der Waals surface area (Å²) in [6, 6.07) is 2.08. The number of hydrogen-bond donors (Lipinski definition) is 1. The predicted octanol–water partition coefficient (Wildman–Crippen LogP) is 3.19. The molecule has 1 aliphatic heterocycles. The lowest BCUT2D eigenvalue weighted by atomic mass is 10.1. The van der Waals surface area contributed by atoms with Crippen LogP contribution in [-0.2, 0) is 6.54 Å². The van der Waals surface area contributed by atoms with Gasteiger partial charge in [-0.15, -0.1) is 0 Å². The number of aromatic nitrogens is 3. The van der Waals surface area contributed by atoms with Gasteiger partial charge in [-0.2, -0.15) is 26.3 Å². The Kier molecular flexibility index (Phi) is 4.32. The van der Waals surface area contributed by atoms with Crippen LogP contribution in [0.25, 0.3) is 0 Å². The lowest BCUT2D eigenvalue weighted by molar-refractivity contribution is 0.567. The van der Waals surface area contributed by atoms with E-state index in [4.69, 9.17) is 11.6 Å². The van der Waals surface area contributed by atoms with Crippen molar-refractivity contribution in [1.29, 1.82) is 0 Å². The predicted molar refractivity (Wildman–Crippen MR) is 82.5 cm³/mol. The maximum atomic E-state index is 6.00. The van der Waals surface area contributed by atoms with Gasteiger partial charge in [0.05, 0.1) is 0 Å². The van der Waals surface area contributed by atoms with Crippen molar-refractivity contribution in [3.05, 3.63) is 27.7 Å². The van der Waals surface area contributed by atoms with E-state index in [1.54, 1.807) is 11.3 Å². The summed E-state index contributed by atoms with van der Waals surface area (Å²) in [5, 5.41) is 7.60. The Morgan fingerprint density at radius 2 is 2.05 bits per heavy atom. The van der Waals surface area contributed by atoms with Crippen molar-refractivity contribution in [2.45, 2.75) is 25.8 Å². The Morgan fingerprint density at radius 3 is 2.80 bits per heavy atom. The van der Waals surface area contributed by atoms with Crippen LogP contribution in [0, 0.1) is 0 Å². The van der Waals surface area contributed by atoms with Gasteiger partial charge in [0.25, 0.3) is 0 Å². The van der Waals surface area contributed by atoms with E-state index in [0.717, 1.165) is 13.1 Å². The highest BCUT2D eigenvalue weighted by Gasteiger charge is 2.15. The SMILES string of the molecule is Clc1nc(NCc2ccsc2)nc(N2CCCCC2)n1. The highest BCUT2D eigenvalue weighted by molar-refractivity contribution is 7.07. The van der Waals surface area contributed by atoms with Gasteiger partial charge in [0.2, 0.25) is 17.2 Å². The summed E-state index contributed by atoms with van der Waals surface area (Å²) < 4.78 is 0. The second-order valence-electron chi connectivity index (χ2n) is 4.76. The third kappa shape index (κ3) is 3.37. The number of rotatable bonds is 4. The Hall–Kier alpha value is -1.40. The van der Waals surface area contributed by atoms with E-state index in [0.29, 0.717) is 18.4 Å². The van der Waals surface area contributed by atoms with E-state index < -0.39 is 0 Å². The molecule has 1 fully saturated rings. The van der Waals surface area contributed by atoms with E-state index in [1.807, 2.05) is 0 Å². The van der Waals surface area contributed by atoms with Crippen LogP contribution in [0.3, 0.4) is 0 Å². The Labute approximate surface area is 127 Å². The molecule has 0 bridgehead atoms. The van der Waals surface area contributed by atoms with Crippen molar-refractivity contribution in [2.24, 2.45) is 0 Å². The summed E-state index contributed by atoms with van der Waals surface area (Å²) in [4.78, 5) is 15.0. The lowest BCUT2D eigenvalue weighted by Gasteiger charge is -2.26. The first-order valence-corrected chi connectivity index (χ1v) is 8.05. The van der Waals surface area contributed by atoms with Crippen LogP contribution in [-0.4, -0.2) is 28.0 Å². The summed E-state index contributed by atoms with van der Waals surface area (Å²) in [5.41, 5.74) is 1.21. The molecular weight excluding hydrogens is 294 g/mol. The Bertz CT molecular complexity index is 554. The third-order valence-corrected chi connectivity index (χ3v) is 4.17. The smallest absolute Gasteiger partial charge is 0.231 e. The quantitative estimate of drug-likeness (QED) is 0.940. The largest absolute Gasteiger partial charge is 0.350 e. The molecule has 0 spiro atoms. The summed E-state index contributed by atoms with van der Waals surface area (Å²) in [6.07, 6.45) is 3.64. The lowest BCUT2D eigenvalue weighted by Crippen LogP contribution is -2.31. The molecule has 5 nitrogen and oxygen atoms in total. The van der Waals surface area contributed by atoms with Crippen LogP contribution in [0.1, 0.15) is 24.8 Å². The van der Waals surface area contributed by atoms with E-state index >= 15 is 0 Å². The van der Waals surface area contributed by atoms with Crippen molar-refractivity contribution in [3.63, 3.8) is 0 Å². The maximum absolute atomic E-state index is 6.00. The molecule has 2 aromatic heterocycles. The number of thiophene rings is 1. The van der Waals surface area contributed by atoms with E-state index in [2.05, 4.69) is 42.0 Å². The molecular formula is C13H16ClN5S. The minimum atomic E-state index is 0.244. The molecule has 0 saturated carbocycles. The van der Waals surface area contributed by atoms with Crippen molar-refractivity contribution in [3.8, 4) is 0 Å². The van der Waals surface area contributed by atoms with Crippen LogP contribution in [0.4, 0.5) is 11.9 Å². The van der Waals surface area contributed by atoms with Gasteiger partial charge in [0, 0.05) is 19.6 Å². The number of nitrogens with one attached hydrogen (secondary N) is 1. The number of anilines is 2. The molecule has 0 amide bonds. The van der Waals surface area contributed by atoms with Gasteiger partial charge in [-0.3, -0.25) is 0 Å². The van der Waals surface area contributed by atoms with E-state index in [-0.39, 0.29) is 5.28 Å². The fourth-order valence-corrected chi connectivity index (χ4v) is 3.05. The summed E-state index contributed by atoms with van der Waals surface area (Å²) in [5.74, 6) is 1.22. The first-order chi connectivity index (χ1) is 9.81. The number of piperidine rings is 1. The monoisotopic (exact) mass is 309 g/mol. The van der Waals surface area contributed by atoms with E-state index in [9.17, 15) is 0 Å². The number of halogens is 1. The average Bonchev–Trinajstić information content (AvgIpc) is 2.99. The molecule has 7 heteroatoms. The van der Waals surface area contributed by atoms with Crippen LogP contribution >= 0.6 is 22.9 Å². The second-order valence-corrected chi connectivity index (χ2v) is 5.88. The molecule has 2 aromatic rings. The molecule has 0 radical (unpaired) electrons. The van der Waals surface area contributed by atoms with E-state index in [1.165, 1.54) is 24.8 Å². The zero-order valence-electron chi connectivity index (χ0n) is 11.0. The van der Waals surface area contributed by atoms with Crippen LogP contribution < -0.4 is 10.2 Å². The fraction of sp³-hybridized carbons (Fsp3) is 0.462. The zero-order chi connectivity index (χ0) is 13.8. The molecule has 0 atom stereocenters. The highest BCUT2D eigenvalue weighted by atomic mass is 35.5. The van der Waals surface area contributed by atoms with Crippen LogP contribution in [0.5, 0.6) is 0 Å². The van der Waals surface area contributed by atoms with Gasteiger partial charge in [-0.05, 0) is 53.3 Å². The Balaban J connectivity index is 1.72. The van der Waals surface area contributed by atoms with Gasteiger partial charge in [0.15, 0.2) is 0 Å². The minimum Gasteiger partial charge on any atom is -0.350 e. The molecule has 3 heterocycles. The Morgan fingerprint density at radius 1 is 1.20 bits per heavy atom.